The fourth-order valence-electron chi connectivity index (χ4n) is 2.77. The van der Waals surface area contributed by atoms with Gasteiger partial charge in [0.05, 0.1) is 0 Å². The molecule has 0 rings (SSSR count). The van der Waals surface area contributed by atoms with E-state index in [-0.39, 0.29) is 5.92 Å². The first-order valence-corrected chi connectivity index (χ1v) is 10.1. The minimum atomic E-state index is 0.275. The lowest BCUT2D eigenvalue weighted by Crippen LogP contribution is -2.01. The third kappa shape index (κ3) is 17.3. The van der Waals surface area contributed by atoms with Gasteiger partial charge in [-0.05, 0) is 64.2 Å². The van der Waals surface area contributed by atoms with E-state index in [1.807, 2.05) is 0 Å². The fourth-order valence-corrected chi connectivity index (χ4v) is 2.77. The van der Waals surface area contributed by atoms with Gasteiger partial charge in [-0.3, -0.25) is 0 Å². The summed E-state index contributed by atoms with van der Waals surface area (Å²) in [5, 5.41) is 0. The lowest BCUT2D eigenvalue weighted by Gasteiger charge is -2.08. The maximum absolute atomic E-state index is 11.1. The number of carbonyl (C=O) groups excluding carboxylic acids is 1. The third-order valence-electron chi connectivity index (χ3n) is 4.37. The first-order valence-electron chi connectivity index (χ1n) is 10.1. The van der Waals surface area contributed by atoms with Crippen molar-refractivity contribution in [2.45, 2.75) is 104 Å². The lowest BCUT2D eigenvalue weighted by molar-refractivity contribution is -0.111. The summed E-state index contributed by atoms with van der Waals surface area (Å²) in [4.78, 5) is 11.1. The molecule has 0 heterocycles. The molecule has 0 fully saturated rings. The highest BCUT2D eigenvalue weighted by atomic mass is 16.1. The lowest BCUT2D eigenvalue weighted by atomic mass is 9.97. The molecule has 0 atom stereocenters. The molecule has 0 aromatic rings. The number of aldehydes is 1. The second kappa shape index (κ2) is 19.2. The molecule has 0 radical (unpaired) electrons. The Balaban J connectivity index is 3.50. The quantitative estimate of drug-likeness (QED) is 0.155. The predicted molar refractivity (Wildman–Crippen MR) is 104 cm³/mol. The molecule has 0 bridgehead atoms. The molecule has 0 saturated carbocycles. The molecule has 0 unspecified atom stereocenters. The van der Waals surface area contributed by atoms with Crippen LogP contribution in [0.5, 0.6) is 0 Å². The number of allylic oxidation sites excluding steroid dienone is 4. The number of hydrogen-bond acceptors (Lipinski definition) is 1. The van der Waals surface area contributed by atoms with Crippen molar-refractivity contribution in [3.05, 3.63) is 24.3 Å². The average Bonchev–Trinajstić information content (AvgIpc) is 2.57. The standard InChI is InChI=1S/C22H40O/c1-3-5-7-9-11-13-15-17-19-22(21-23)20-18-16-14-12-10-8-6-4-2/h11-14,21-22H,3-10,15-20H2,1-2H3/b13-11-,14-12-. The van der Waals surface area contributed by atoms with Crippen molar-refractivity contribution >= 4 is 6.29 Å². The first kappa shape index (κ1) is 22.1. The highest BCUT2D eigenvalue weighted by Gasteiger charge is 2.05. The molecule has 0 N–H and O–H groups in total. The molecule has 0 spiro atoms. The number of rotatable bonds is 17. The summed E-state index contributed by atoms with van der Waals surface area (Å²) in [6, 6.07) is 0. The van der Waals surface area contributed by atoms with Gasteiger partial charge in [0.1, 0.15) is 6.29 Å². The summed E-state index contributed by atoms with van der Waals surface area (Å²) in [6.07, 6.45) is 27.4. The largest absolute Gasteiger partial charge is 0.303 e. The van der Waals surface area contributed by atoms with Gasteiger partial charge in [-0.1, -0.05) is 63.8 Å². The van der Waals surface area contributed by atoms with Crippen molar-refractivity contribution in [1.29, 1.82) is 0 Å². The Bertz CT molecular complexity index is 264. The van der Waals surface area contributed by atoms with Crippen LogP contribution in [0.25, 0.3) is 0 Å². The summed E-state index contributed by atoms with van der Waals surface area (Å²) in [7, 11) is 0. The molecule has 0 aromatic heterocycles. The zero-order chi connectivity index (χ0) is 17.0. The Labute approximate surface area is 145 Å². The van der Waals surface area contributed by atoms with Gasteiger partial charge in [-0.25, -0.2) is 0 Å². The molecule has 1 nitrogen and oxygen atoms in total. The molecule has 0 amide bonds. The first-order chi connectivity index (χ1) is 11.3. The summed E-state index contributed by atoms with van der Waals surface area (Å²) < 4.78 is 0. The van der Waals surface area contributed by atoms with E-state index in [2.05, 4.69) is 38.2 Å². The second-order valence-electron chi connectivity index (χ2n) is 6.69. The SMILES string of the molecule is CCCCC/C=C\CCCC(C=O)CCC/C=C\CCCCC. The highest BCUT2D eigenvalue weighted by Crippen LogP contribution is 2.15. The topological polar surface area (TPSA) is 17.1 Å². The molecule has 0 aliphatic rings. The summed E-state index contributed by atoms with van der Waals surface area (Å²) in [5.41, 5.74) is 0. The Morgan fingerprint density at radius 1 is 0.609 bits per heavy atom. The van der Waals surface area contributed by atoms with Crippen molar-refractivity contribution in [3.63, 3.8) is 0 Å². The Kier molecular flexibility index (Phi) is 18.5. The van der Waals surface area contributed by atoms with E-state index in [9.17, 15) is 4.79 Å². The van der Waals surface area contributed by atoms with Crippen LogP contribution in [0.4, 0.5) is 0 Å². The zero-order valence-corrected chi connectivity index (χ0v) is 15.8. The van der Waals surface area contributed by atoms with Gasteiger partial charge in [0.25, 0.3) is 0 Å². The van der Waals surface area contributed by atoms with Gasteiger partial charge in [-0.15, -0.1) is 0 Å². The van der Waals surface area contributed by atoms with Crippen LogP contribution < -0.4 is 0 Å². The van der Waals surface area contributed by atoms with Gasteiger partial charge < -0.3 is 4.79 Å². The average molecular weight is 321 g/mol. The van der Waals surface area contributed by atoms with Gasteiger partial charge >= 0.3 is 0 Å². The number of carbonyl (C=O) groups is 1. The molecule has 0 aliphatic carbocycles. The number of unbranched alkanes of at least 4 members (excludes halogenated alkanes) is 8. The van der Waals surface area contributed by atoms with Crippen LogP contribution in [0, 0.1) is 5.92 Å². The minimum Gasteiger partial charge on any atom is -0.303 e. The molecule has 1 heteroatoms. The van der Waals surface area contributed by atoms with Crippen LogP contribution in [-0.4, -0.2) is 6.29 Å². The molecular formula is C22H40O. The summed E-state index contributed by atoms with van der Waals surface area (Å²) in [6.45, 7) is 4.48. The van der Waals surface area contributed by atoms with Gasteiger partial charge in [0.15, 0.2) is 0 Å². The Hall–Kier alpha value is -0.850. The van der Waals surface area contributed by atoms with Crippen molar-refractivity contribution in [2.75, 3.05) is 0 Å². The smallest absolute Gasteiger partial charge is 0.123 e. The zero-order valence-electron chi connectivity index (χ0n) is 15.8. The van der Waals surface area contributed by atoms with E-state index < -0.39 is 0 Å². The van der Waals surface area contributed by atoms with Crippen LogP contribution in [0.2, 0.25) is 0 Å². The fraction of sp³-hybridized carbons (Fsp3) is 0.773. The Morgan fingerprint density at radius 2 is 1.00 bits per heavy atom. The monoisotopic (exact) mass is 320 g/mol. The van der Waals surface area contributed by atoms with Crippen molar-refractivity contribution in [3.8, 4) is 0 Å². The van der Waals surface area contributed by atoms with E-state index >= 15 is 0 Å². The molecule has 0 aliphatic heterocycles. The Morgan fingerprint density at radius 3 is 1.35 bits per heavy atom. The van der Waals surface area contributed by atoms with E-state index in [0.29, 0.717) is 0 Å². The van der Waals surface area contributed by atoms with E-state index in [1.165, 1.54) is 57.7 Å². The predicted octanol–water partition coefficient (Wildman–Crippen LogP) is 7.42. The van der Waals surface area contributed by atoms with Crippen LogP contribution in [0.3, 0.4) is 0 Å². The van der Waals surface area contributed by atoms with Crippen molar-refractivity contribution in [1.82, 2.24) is 0 Å². The van der Waals surface area contributed by atoms with E-state index in [0.717, 1.165) is 38.5 Å². The van der Waals surface area contributed by atoms with E-state index in [1.54, 1.807) is 0 Å². The van der Waals surface area contributed by atoms with Crippen LogP contribution in [-0.2, 0) is 4.79 Å². The molecule has 134 valence electrons. The normalized spacial score (nSPS) is 12.0. The molecule has 23 heavy (non-hydrogen) atoms. The second-order valence-corrected chi connectivity index (χ2v) is 6.69. The third-order valence-corrected chi connectivity index (χ3v) is 4.37. The van der Waals surface area contributed by atoms with Crippen molar-refractivity contribution < 1.29 is 4.79 Å². The molecular weight excluding hydrogens is 280 g/mol. The molecule has 0 saturated heterocycles. The van der Waals surface area contributed by atoms with Crippen LogP contribution >= 0.6 is 0 Å². The van der Waals surface area contributed by atoms with Crippen molar-refractivity contribution in [2.24, 2.45) is 5.92 Å². The summed E-state index contributed by atoms with van der Waals surface area (Å²) in [5.74, 6) is 0.275. The highest BCUT2D eigenvalue weighted by molar-refractivity contribution is 5.53. The van der Waals surface area contributed by atoms with E-state index in [4.69, 9.17) is 0 Å². The maximum atomic E-state index is 11.1. The van der Waals surface area contributed by atoms with Crippen LogP contribution in [0.1, 0.15) is 104 Å². The molecule has 0 aromatic carbocycles. The summed E-state index contributed by atoms with van der Waals surface area (Å²) >= 11 is 0. The van der Waals surface area contributed by atoms with Gasteiger partial charge in [0, 0.05) is 5.92 Å². The maximum Gasteiger partial charge on any atom is 0.123 e. The number of hydrogen-bond donors (Lipinski definition) is 0. The minimum absolute atomic E-state index is 0.275. The van der Waals surface area contributed by atoms with Gasteiger partial charge in [-0.2, -0.15) is 0 Å². The van der Waals surface area contributed by atoms with Gasteiger partial charge in [0.2, 0.25) is 0 Å². The van der Waals surface area contributed by atoms with Crippen LogP contribution in [0.15, 0.2) is 24.3 Å².